The summed E-state index contributed by atoms with van der Waals surface area (Å²) in [6.07, 6.45) is 4.60. The Labute approximate surface area is 196 Å². The highest BCUT2D eigenvalue weighted by molar-refractivity contribution is 5.94. The summed E-state index contributed by atoms with van der Waals surface area (Å²) in [5.41, 5.74) is 2.52. The van der Waals surface area contributed by atoms with Gasteiger partial charge in [0.25, 0.3) is 0 Å². The van der Waals surface area contributed by atoms with Gasteiger partial charge in [-0.05, 0) is 19.1 Å². The number of nitrogens with zero attached hydrogens (tertiary/aromatic N) is 7. The number of benzene rings is 1. The van der Waals surface area contributed by atoms with Crippen LogP contribution in [0, 0.1) is 6.92 Å². The molecule has 0 spiro atoms. The standard InChI is InChI=1S/C20H21N9O3.C2H6/c1-11-15(9-28(2)26-11)24-20-21-8-13(19(30)31)18(25-20)23-14-7-5-6-12(16(14)32-4)17-22-10-29(3)27-17;1-2/h5-10H,1-4H3,(H,30,31)(H2,21,23,24,25);1-2H3. The molecule has 0 atom stereocenters. The number of carboxylic acids is 1. The number of carboxylic acid groups (broad SMARTS) is 1. The molecule has 4 rings (SSSR count). The van der Waals surface area contributed by atoms with Gasteiger partial charge >= 0.3 is 5.97 Å². The number of methoxy groups -OCH3 is 1. The second-order valence-corrected chi connectivity index (χ2v) is 6.94. The van der Waals surface area contributed by atoms with E-state index in [4.69, 9.17) is 4.74 Å². The van der Waals surface area contributed by atoms with Crippen molar-refractivity contribution in [2.24, 2.45) is 14.1 Å². The van der Waals surface area contributed by atoms with Gasteiger partial charge in [-0.1, -0.05) is 19.9 Å². The number of aryl methyl sites for hydroxylation is 3. The number of hydrogen-bond donors (Lipinski definition) is 3. The molecule has 0 aliphatic rings. The lowest BCUT2D eigenvalue weighted by atomic mass is 10.1. The molecule has 3 aromatic heterocycles. The predicted molar refractivity (Wildman–Crippen MR) is 128 cm³/mol. The second kappa shape index (κ2) is 10.4. The van der Waals surface area contributed by atoms with Gasteiger partial charge in [0.1, 0.15) is 11.9 Å². The lowest BCUT2D eigenvalue weighted by molar-refractivity contribution is 0.0697. The molecule has 0 bridgehead atoms. The number of aromatic carboxylic acids is 1. The number of aromatic nitrogens is 7. The van der Waals surface area contributed by atoms with Gasteiger partial charge in [-0.15, -0.1) is 0 Å². The summed E-state index contributed by atoms with van der Waals surface area (Å²) in [6.45, 7) is 5.84. The van der Waals surface area contributed by atoms with Gasteiger partial charge in [0.15, 0.2) is 17.4 Å². The fraction of sp³-hybridized carbons (Fsp3) is 0.273. The number of rotatable bonds is 7. The second-order valence-electron chi connectivity index (χ2n) is 6.94. The van der Waals surface area contributed by atoms with Crippen LogP contribution in [0.2, 0.25) is 0 Å². The zero-order valence-electron chi connectivity index (χ0n) is 19.9. The summed E-state index contributed by atoms with van der Waals surface area (Å²) in [5, 5.41) is 24.3. The molecular formula is C22H27N9O3. The van der Waals surface area contributed by atoms with Crippen LogP contribution >= 0.6 is 0 Å². The van der Waals surface area contributed by atoms with E-state index in [1.54, 1.807) is 48.1 Å². The number of carbonyl (C=O) groups is 1. The molecule has 0 amide bonds. The van der Waals surface area contributed by atoms with E-state index < -0.39 is 5.97 Å². The van der Waals surface area contributed by atoms with E-state index in [2.05, 4.69) is 35.8 Å². The van der Waals surface area contributed by atoms with E-state index in [-0.39, 0.29) is 17.3 Å². The van der Waals surface area contributed by atoms with Crippen LogP contribution in [-0.2, 0) is 14.1 Å². The average Bonchev–Trinajstić information content (AvgIpc) is 3.39. The van der Waals surface area contributed by atoms with E-state index in [1.807, 2.05) is 26.8 Å². The van der Waals surface area contributed by atoms with Crippen molar-refractivity contribution >= 4 is 29.1 Å². The molecule has 3 N–H and O–H groups in total. The number of anilines is 4. The highest BCUT2D eigenvalue weighted by Crippen LogP contribution is 2.36. The summed E-state index contributed by atoms with van der Waals surface area (Å²) >= 11 is 0. The minimum atomic E-state index is -1.17. The first-order chi connectivity index (χ1) is 16.4. The van der Waals surface area contributed by atoms with E-state index in [0.717, 1.165) is 5.69 Å². The molecule has 12 heteroatoms. The normalized spacial score (nSPS) is 10.3. The molecule has 0 unspecified atom stereocenters. The van der Waals surface area contributed by atoms with Gasteiger partial charge in [-0.2, -0.15) is 15.2 Å². The largest absolute Gasteiger partial charge is 0.494 e. The Morgan fingerprint density at radius 2 is 1.82 bits per heavy atom. The first kappa shape index (κ1) is 24.2. The zero-order chi connectivity index (χ0) is 24.8. The van der Waals surface area contributed by atoms with Crippen LogP contribution in [-0.4, -0.2) is 52.7 Å². The van der Waals surface area contributed by atoms with Gasteiger partial charge in [0, 0.05) is 26.5 Å². The van der Waals surface area contributed by atoms with E-state index >= 15 is 0 Å². The third-order valence-electron chi connectivity index (χ3n) is 4.59. The minimum absolute atomic E-state index is 0.0955. The first-order valence-corrected chi connectivity index (χ1v) is 10.5. The summed E-state index contributed by atoms with van der Waals surface area (Å²) in [5.74, 6) is 0.0732. The number of para-hydroxylation sites is 1. The highest BCUT2D eigenvalue weighted by Gasteiger charge is 2.19. The van der Waals surface area contributed by atoms with E-state index in [1.165, 1.54) is 13.3 Å². The van der Waals surface area contributed by atoms with Crippen molar-refractivity contribution in [1.82, 2.24) is 34.5 Å². The van der Waals surface area contributed by atoms with Gasteiger partial charge in [-0.25, -0.2) is 14.8 Å². The van der Waals surface area contributed by atoms with Crippen molar-refractivity contribution < 1.29 is 14.6 Å². The molecule has 12 nitrogen and oxygen atoms in total. The lowest BCUT2D eigenvalue weighted by Crippen LogP contribution is -2.09. The lowest BCUT2D eigenvalue weighted by Gasteiger charge is -2.15. The van der Waals surface area contributed by atoms with Crippen molar-refractivity contribution in [3.63, 3.8) is 0 Å². The number of ether oxygens (including phenoxy) is 1. The molecule has 0 radical (unpaired) electrons. The quantitative estimate of drug-likeness (QED) is 0.370. The maximum Gasteiger partial charge on any atom is 0.341 e. The van der Waals surface area contributed by atoms with Crippen molar-refractivity contribution in [2.45, 2.75) is 20.8 Å². The molecule has 4 aromatic rings. The minimum Gasteiger partial charge on any atom is -0.494 e. The van der Waals surface area contributed by atoms with Gasteiger partial charge in [0.2, 0.25) is 5.95 Å². The molecule has 0 aliphatic carbocycles. The number of hydrogen-bond acceptors (Lipinski definition) is 9. The molecule has 1 aromatic carbocycles. The maximum atomic E-state index is 11.8. The highest BCUT2D eigenvalue weighted by atomic mass is 16.5. The van der Waals surface area contributed by atoms with Crippen LogP contribution < -0.4 is 15.4 Å². The Hall–Kier alpha value is -4.48. The SMILES string of the molecule is CC.COc1c(Nc2nc(Nc3cn(C)nc3C)ncc2C(=O)O)cccc1-c1ncn(C)n1. The molecule has 34 heavy (non-hydrogen) atoms. The third kappa shape index (κ3) is 5.11. The molecule has 0 saturated carbocycles. The van der Waals surface area contributed by atoms with Crippen LogP contribution in [0.3, 0.4) is 0 Å². The van der Waals surface area contributed by atoms with Gasteiger partial charge < -0.3 is 20.5 Å². The van der Waals surface area contributed by atoms with Crippen LogP contribution in [0.15, 0.2) is 36.9 Å². The Morgan fingerprint density at radius 3 is 2.41 bits per heavy atom. The molecule has 0 fully saturated rings. The van der Waals surface area contributed by atoms with Crippen LogP contribution in [0.25, 0.3) is 11.4 Å². The van der Waals surface area contributed by atoms with E-state index in [0.29, 0.717) is 28.5 Å². The maximum absolute atomic E-state index is 11.8. The Bertz CT molecular complexity index is 1300. The van der Waals surface area contributed by atoms with Gasteiger partial charge in [0.05, 0.1) is 29.7 Å². The molecule has 0 aliphatic heterocycles. The summed E-state index contributed by atoms with van der Waals surface area (Å²) in [7, 11) is 5.09. The topological polar surface area (TPSA) is 145 Å². The third-order valence-corrected chi connectivity index (χ3v) is 4.59. The predicted octanol–water partition coefficient (Wildman–Crippen LogP) is 3.53. The average molecular weight is 466 g/mol. The molecule has 178 valence electrons. The van der Waals surface area contributed by atoms with Crippen LogP contribution in [0.4, 0.5) is 23.1 Å². The van der Waals surface area contributed by atoms with Crippen molar-refractivity contribution in [3.05, 3.63) is 48.2 Å². The Morgan fingerprint density at radius 1 is 1.06 bits per heavy atom. The molecular weight excluding hydrogens is 438 g/mol. The van der Waals surface area contributed by atoms with Crippen LogP contribution in [0.1, 0.15) is 29.9 Å². The van der Waals surface area contributed by atoms with Crippen molar-refractivity contribution in [3.8, 4) is 17.1 Å². The smallest absolute Gasteiger partial charge is 0.341 e. The van der Waals surface area contributed by atoms with Gasteiger partial charge in [-0.3, -0.25) is 9.36 Å². The molecule has 0 saturated heterocycles. The number of nitrogens with one attached hydrogen (secondary N) is 2. The zero-order valence-corrected chi connectivity index (χ0v) is 19.9. The monoisotopic (exact) mass is 465 g/mol. The Balaban J connectivity index is 0.00000158. The summed E-state index contributed by atoms with van der Waals surface area (Å²) in [4.78, 5) is 24.5. The molecule has 3 heterocycles. The van der Waals surface area contributed by atoms with Crippen LogP contribution in [0.5, 0.6) is 5.75 Å². The fourth-order valence-corrected chi connectivity index (χ4v) is 3.16. The summed E-state index contributed by atoms with van der Waals surface area (Å²) < 4.78 is 8.83. The van der Waals surface area contributed by atoms with E-state index in [9.17, 15) is 9.90 Å². The fourth-order valence-electron chi connectivity index (χ4n) is 3.16. The Kier molecular flexibility index (Phi) is 7.41. The van der Waals surface area contributed by atoms with Crippen molar-refractivity contribution in [1.29, 1.82) is 0 Å². The first-order valence-electron chi connectivity index (χ1n) is 10.5. The summed E-state index contributed by atoms with van der Waals surface area (Å²) in [6, 6.07) is 5.35. The van der Waals surface area contributed by atoms with Crippen molar-refractivity contribution in [2.75, 3.05) is 17.7 Å².